The van der Waals surface area contributed by atoms with Crippen molar-refractivity contribution in [1.29, 1.82) is 0 Å². The van der Waals surface area contributed by atoms with Gasteiger partial charge in [-0.3, -0.25) is 10.1 Å². The number of carbonyl (C=O) groups excluding carboxylic acids is 1. The summed E-state index contributed by atoms with van der Waals surface area (Å²) in [5, 5.41) is 3.37. The minimum atomic E-state index is -0.604. The molecule has 3 rings (SSSR count). The maximum absolute atomic E-state index is 12.1. The first-order valence-corrected chi connectivity index (χ1v) is 6.37. The quantitative estimate of drug-likeness (QED) is 0.792. The zero-order valence-corrected chi connectivity index (χ0v) is 11.6. The van der Waals surface area contributed by atoms with Gasteiger partial charge in [0.05, 0.1) is 12.5 Å². The summed E-state index contributed by atoms with van der Waals surface area (Å²) in [7, 11) is 1.52. The van der Waals surface area contributed by atoms with E-state index in [0.29, 0.717) is 16.5 Å². The van der Waals surface area contributed by atoms with Gasteiger partial charge in [-0.25, -0.2) is 14.8 Å². The van der Waals surface area contributed by atoms with Crippen molar-refractivity contribution in [2.45, 2.75) is 0 Å². The fraction of sp³-hybridized carbons (Fsp3) is 0.0667. The molecule has 0 bridgehead atoms. The number of nitrogens with one attached hydrogen (secondary N) is 1. The topological polar surface area (TPSA) is 94.3 Å². The summed E-state index contributed by atoms with van der Waals surface area (Å²) in [5.74, 6) is -0.0250. The second-order valence-electron chi connectivity index (χ2n) is 4.38. The maximum Gasteiger partial charge on any atom is 0.344 e. The van der Waals surface area contributed by atoms with Crippen molar-refractivity contribution in [1.82, 2.24) is 9.97 Å². The van der Waals surface area contributed by atoms with Crippen LogP contribution in [0.15, 0.2) is 51.9 Å². The molecule has 1 N–H and O–H groups in total. The Morgan fingerprint density at radius 2 is 2.00 bits per heavy atom. The average molecular weight is 297 g/mol. The highest BCUT2D eigenvalue weighted by molar-refractivity contribution is 6.03. The highest BCUT2D eigenvalue weighted by Crippen LogP contribution is 2.19. The first kappa shape index (κ1) is 13.7. The Morgan fingerprint density at radius 3 is 2.73 bits per heavy atom. The number of ether oxygens (including phenoxy) is 1. The Morgan fingerprint density at radius 1 is 1.23 bits per heavy atom. The first-order valence-electron chi connectivity index (χ1n) is 6.37. The average Bonchev–Trinajstić information content (AvgIpc) is 2.55. The Hall–Kier alpha value is -3.22. The molecule has 3 aromatic rings. The molecule has 1 aromatic carbocycles. The molecule has 22 heavy (non-hydrogen) atoms. The minimum absolute atomic E-state index is 0.126. The van der Waals surface area contributed by atoms with Crippen LogP contribution < -0.4 is 15.7 Å². The van der Waals surface area contributed by atoms with Crippen LogP contribution in [-0.4, -0.2) is 23.0 Å². The lowest BCUT2D eigenvalue weighted by molar-refractivity contribution is 0.0992. The summed E-state index contributed by atoms with van der Waals surface area (Å²) in [6.07, 6.45) is 2.98. The van der Waals surface area contributed by atoms with E-state index in [1.165, 1.54) is 25.6 Å². The van der Waals surface area contributed by atoms with Gasteiger partial charge in [0.25, 0.3) is 5.91 Å². The van der Waals surface area contributed by atoms with Crippen LogP contribution in [0.3, 0.4) is 0 Å². The lowest BCUT2D eigenvalue weighted by Gasteiger charge is -2.05. The zero-order chi connectivity index (χ0) is 15.5. The third kappa shape index (κ3) is 2.64. The molecule has 7 nitrogen and oxygen atoms in total. The van der Waals surface area contributed by atoms with Gasteiger partial charge in [-0.05, 0) is 35.7 Å². The number of fused-ring (bicyclic) bond motifs is 1. The molecule has 110 valence electrons. The SMILES string of the molecule is COc1ccc2c(=O)oc(C(=O)Nc3ncccn3)cc2c1. The highest BCUT2D eigenvalue weighted by Gasteiger charge is 2.13. The largest absolute Gasteiger partial charge is 0.497 e. The maximum atomic E-state index is 12.1. The van der Waals surface area contributed by atoms with E-state index in [4.69, 9.17) is 9.15 Å². The van der Waals surface area contributed by atoms with Crippen molar-refractivity contribution >= 4 is 22.6 Å². The van der Waals surface area contributed by atoms with Gasteiger partial charge in [0, 0.05) is 12.4 Å². The minimum Gasteiger partial charge on any atom is -0.497 e. The summed E-state index contributed by atoms with van der Waals surface area (Å²) in [4.78, 5) is 31.8. The summed E-state index contributed by atoms with van der Waals surface area (Å²) in [6.45, 7) is 0. The van der Waals surface area contributed by atoms with Gasteiger partial charge in [0.1, 0.15) is 5.75 Å². The molecule has 0 radical (unpaired) electrons. The number of anilines is 1. The molecule has 2 heterocycles. The molecular formula is C15H11N3O4. The molecule has 0 aliphatic heterocycles. The zero-order valence-electron chi connectivity index (χ0n) is 11.6. The fourth-order valence-corrected chi connectivity index (χ4v) is 1.94. The van der Waals surface area contributed by atoms with Gasteiger partial charge in [0.2, 0.25) is 5.95 Å². The van der Waals surface area contributed by atoms with Crippen LogP contribution >= 0.6 is 0 Å². The van der Waals surface area contributed by atoms with Crippen molar-refractivity contribution < 1.29 is 13.9 Å². The van der Waals surface area contributed by atoms with Crippen molar-refractivity contribution in [3.05, 3.63) is 58.9 Å². The van der Waals surface area contributed by atoms with Crippen LogP contribution in [0.2, 0.25) is 0 Å². The first-order chi connectivity index (χ1) is 10.7. The van der Waals surface area contributed by atoms with E-state index >= 15 is 0 Å². The molecule has 0 aliphatic rings. The van der Waals surface area contributed by atoms with Crippen LogP contribution in [0.5, 0.6) is 5.75 Å². The standard InChI is InChI=1S/C15H11N3O4/c1-21-10-3-4-11-9(7-10)8-12(22-14(11)20)13(19)18-15-16-5-2-6-17-15/h2-8H,1H3,(H,16,17,18,19). The van der Waals surface area contributed by atoms with Gasteiger partial charge in [0.15, 0.2) is 5.76 Å². The second kappa shape index (κ2) is 5.65. The van der Waals surface area contributed by atoms with E-state index in [9.17, 15) is 9.59 Å². The molecule has 0 spiro atoms. The molecule has 1 amide bonds. The fourth-order valence-electron chi connectivity index (χ4n) is 1.94. The Labute approximate surface area is 124 Å². The van der Waals surface area contributed by atoms with Gasteiger partial charge in [-0.1, -0.05) is 0 Å². The number of nitrogens with zero attached hydrogens (tertiary/aromatic N) is 2. The number of benzene rings is 1. The van der Waals surface area contributed by atoms with Crippen molar-refractivity contribution in [2.75, 3.05) is 12.4 Å². The highest BCUT2D eigenvalue weighted by atomic mass is 16.5. The van der Waals surface area contributed by atoms with Gasteiger partial charge in [-0.15, -0.1) is 0 Å². The molecular weight excluding hydrogens is 286 g/mol. The Balaban J connectivity index is 2.00. The van der Waals surface area contributed by atoms with Crippen LogP contribution in [0.4, 0.5) is 5.95 Å². The number of carbonyl (C=O) groups is 1. The summed E-state index contributed by atoms with van der Waals surface area (Å²) in [5.41, 5.74) is -0.598. The predicted molar refractivity (Wildman–Crippen MR) is 79.0 cm³/mol. The summed E-state index contributed by atoms with van der Waals surface area (Å²) in [6, 6.07) is 7.98. The molecule has 0 aliphatic carbocycles. The molecule has 0 unspecified atom stereocenters. The van der Waals surface area contributed by atoms with E-state index in [-0.39, 0.29) is 11.7 Å². The van der Waals surface area contributed by atoms with E-state index < -0.39 is 11.5 Å². The number of hydrogen-bond acceptors (Lipinski definition) is 6. The van der Waals surface area contributed by atoms with E-state index in [0.717, 1.165) is 0 Å². The smallest absolute Gasteiger partial charge is 0.344 e. The lowest BCUT2D eigenvalue weighted by Crippen LogP contribution is -2.16. The van der Waals surface area contributed by atoms with Gasteiger partial charge >= 0.3 is 5.63 Å². The third-order valence-electron chi connectivity index (χ3n) is 2.98. The van der Waals surface area contributed by atoms with E-state index in [1.54, 1.807) is 24.3 Å². The monoisotopic (exact) mass is 297 g/mol. The number of aromatic nitrogens is 2. The summed E-state index contributed by atoms with van der Waals surface area (Å²) < 4.78 is 10.1. The van der Waals surface area contributed by atoms with Crippen LogP contribution in [0.25, 0.3) is 10.8 Å². The van der Waals surface area contributed by atoms with Crippen LogP contribution in [0, 0.1) is 0 Å². The second-order valence-corrected chi connectivity index (χ2v) is 4.38. The van der Waals surface area contributed by atoms with E-state index in [1.807, 2.05) is 0 Å². The van der Waals surface area contributed by atoms with Gasteiger partial charge < -0.3 is 9.15 Å². The number of hydrogen-bond donors (Lipinski definition) is 1. The predicted octanol–water partition coefficient (Wildman–Crippen LogP) is 1.84. The Kier molecular flexibility index (Phi) is 3.53. The van der Waals surface area contributed by atoms with Gasteiger partial charge in [-0.2, -0.15) is 0 Å². The Bertz CT molecular complexity index is 890. The normalized spacial score (nSPS) is 10.4. The van der Waals surface area contributed by atoms with E-state index in [2.05, 4.69) is 15.3 Å². The molecule has 0 atom stereocenters. The lowest BCUT2D eigenvalue weighted by atomic mass is 10.1. The number of amides is 1. The third-order valence-corrected chi connectivity index (χ3v) is 2.98. The molecule has 0 saturated carbocycles. The summed E-state index contributed by atoms with van der Waals surface area (Å²) >= 11 is 0. The van der Waals surface area contributed by atoms with Crippen molar-refractivity contribution in [3.8, 4) is 5.75 Å². The molecule has 0 fully saturated rings. The van der Waals surface area contributed by atoms with Crippen molar-refractivity contribution in [2.24, 2.45) is 0 Å². The van der Waals surface area contributed by atoms with Crippen LogP contribution in [-0.2, 0) is 0 Å². The van der Waals surface area contributed by atoms with Crippen molar-refractivity contribution in [3.63, 3.8) is 0 Å². The molecule has 0 saturated heterocycles. The van der Waals surface area contributed by atoms with Crippen LogP contribution in [0.1, 0.15) is 10.6 Å². The molecule has 7 heteroatoms. The molecule has 2 aromatic heterocycles. The number of rotatable bonds is 3. The number of methoxy groups -OCH3 is 1.